The molecule has 0 saturated heterocycles. The van der Waals surface area contributed by atoms with Gasteiger partial charge in [-0.05, 0) is 48.4 Å². The van der Waals surface area contributed by atoms with Gasteiger partial charge in [0, 0.05) is 0 Å². The molecule has 0 fully saturated rings. The van der Waals surface area contributed by atoms with Gasteiger partial charge < -0.3 is 9.84 Å². The number of fused-ring (bicyclic) bond motifs is 1. The summed E-state index contributed by atoms with van der Waals surface area (Å²) in [4.78, 5) is 11.9. The standard InChI is InChI=1S/C23H24N2O2/c26-23-21-14-17(15-24-16-22(21)27-25-23)8-7-13-20(18-9-3-1-4-10-18)19-11-5-2-6-12-19/h1-6,9-13,17,24H,7-8,14-16H2,(H,25,26). The monoisotopic (exact) mass is 360 g/mol. The minimum atomic E-state index is -0.0801. The minimum absolute atomic E-state index is 0.0801. The Hall–Kier alpha value is -2.85. The van der Waals surface area contributed by atoms with Gasteiger partial charge in [0.25, 0.3) is 5.56 Å². The fourth-order valence-corrected chi connectivity index (χ4v) is 3.76. The smallest absolute Gasteiger partial charge is 0.283 e. The summed E-state index contributed by atoms with van der Waals surface area (Å²) in [7, 11) is 0. The number of benzene rings is 2. The Morgan fingerprint density at radius 3 is 2.37 bits per heavy atom. The number of nitrogens with one attached hydrogen (secondary N) is 2. The van der Waals surface area contributed by atoms with Gasteiger partial charge >= 0.3 is 0 Å². The lowest BCUT2D eigenvalue weighted by molar-refractivity contribution is 0.366. The van der Waals surface area contributed by atoms with Crippen molar-refractivity contribution in [3.05, 3.63) is 99.5 Å². The van der Waals surface area contributed by atoms with E-state index in [-0.39, 0.29) is 5.56 Å². The second kappa shape index (κ2) is 8.23. The highest BCUT2D eigenvalue weighted by Gasteiger charge is 2.21. The molecule has 1 aliphatic heterocycles. The number of H-pyrrole nitrogens is 1. The van der Waals surface area contributed by atoms with Crippen LogP contribution in [0.1, 0.15) is 35.3 Å². The lowest BCUT2D eigenvalue weighted by Crippen LogP contribution is -2.21. The number of hydrogen-bond acceptors (Lipinski definition) is 3. The van der Waals surface area contributed by atoms with Crippen molar-refractivity contribution in [3.63, 3.8) is 0 Å². The Kier molecular flexibility index (Phi) is 5.35. The highest BCUT2D eigenvalue weighted by Crippen LogP contribution is 2.25. The third-order valence-corrected chi connectivity index (χ3v) is 5.18. The highest BCUT2D eigenvalue weighted by molar-refractivity contribution is 5.79. The molecule has 138 valence electrons. The molecule has 3 aromatic rings. The third kappa shape index (κ3) is 4.12. The molecule has 4 heteroatoms. The third-order valence-electron chi connectivity index (χ3n) is 5.18. The van der Waals surface area contributed by atoms with Crippen molar-refractivity contribution in [3.8, 4) is 0 Å². The van der Waals surface area contributed by atoms with Crippen LogP contribution in [0.2, 0.25) is 0 Å². The van der Waals surface area contributed by atoms with E-state index in [0.29, 0.717) is 12.5 Å². The summed E-state index contributed by atoms with van der Waals surface area (Å²) in [5, 5.41) is 5.86. The molecule has 0 spiro atoms. The van der Waals surface area contributed by atoms with Crippen LogP contribution in [0.5, 0.6) is 0 Å². The van der Waals surface area contributed by atoms with E-state index < -0.39 is 0 Å². The summed E-state index contributed by atoms with van der Waals surface area (Å²) in [5.41, 5.74) is 4.45. The number of rotatable bonds is 5. The van der Waals surface area contributed by atoms with Gasteiger partial charge in [-0.1, -0.05) is 66.7 Å². The van der Waals surface area contributed by atoms with Crippen molar-refractivity contribution in [1.29, 1.82) is 0 Å². The van der Waals surface area contributed by atoms with Gasteiger partial charge in [-0.15, -0.1) is 0 Å². The van der Waals surface area contributed by atoms with Crippen LogP contribution >= 0.6 is 0 Å². The van der Waals surface area contributed by atoms with E-state index >= 15 is 0 Å². The van der Waals surface area contributed by atoms with Crippen molar-refractivity contribution in [2.75, 3.05) is 6.54 Å². The first-order valence-corrected chi connectivity index (χ1v) is 9.52. The molecule has 2 aromatic carbocycles. The second-order valence-corrected chi connectivity index (χ2v) is 7.06. The van der Waals surface area contributed by atoms with Gasteiger partial charge in [0.2, 0.25) is 0 Å². The Morgan fingerprint density at radius 1 is 1.04 bits per heavy atom. The Morgan fingerprint density at radius 2 is 1.70 bits per heavy atom. The van der Waals surface area contributed by atoms with Gasteiger partial charge in [0.1, 0.15) is 0 Å². The minimum Gasteiger partial charge on any atom is -0.382 e. The molecule has 1 unspecified atom stereocenters. The van der Waals surface area contributed by atoms with E-state index in [2.05, 4.69) is 65.1 Å². The van der Waals surface area contributed by atoms with Crippen LogP contribution in [0, 0.1) is 5.92 Å². The summed E-state index contributed by atoms with van der Waals surface area (Å²) in [6.45, 7) is 1.53. The maximum Gasteiger partial charge on any atom is 0.283 e. The number of hydrogen-bond donors (Lipinski definition) is 2. The topological polar surface area (TPSA) is 58.0 Å². The van der Waals surface area contributed by atoms with Gasteiger partial charge in [-0.2, -0.15) is 5.16 Å². The first-order valence-electron chi connectivity index (χ1n) is 9.52. The average molecular weight is 360 g/mol. The van der Waals surface area contributed by atoms with E-state index in [1.165, 1.54) is 16.7 Å². The molecule has 0 saturated carbocycles. The van der Waals surface area contributed by atoms with E-state index in [1.807, 2.05) is 12.1 Å². The molecule has 1 aliphatic rings. The zero-order chi connectivity index (χ0) is 18.5. The molecule has 0 amide bonds. The summed E-state index contributed by atoms with van der Waals surface area (Å²) in [6, 6.07) is 21.0. The molecular formula is C23H24N2O2. The largest absolute Gasteiger partial charge is 0.382 e. The van der Waals surface area contributed by atoms with Crippen LogP contribution in [0.3, 0.4) is 0 Å². The predicted octanol–water partition coefficient (Wildman–Crippen LogP) is 4.14. The Labute approximate surface area is 158 Å². The van der Waals surface area contributed by atoms with E-state index in [0.717, 1.165) is 37.1 Å². The zero-order valence-corrected chi connectivity index (χ0v) is 15.3. The molecule has 1 atom stereocenters. The Balaban J connectivity index is 1.51. The van der Waals surface area contributed by atoms with Crippen LogP contribution in [-0.2, 0) is 13.0 Å². The lowest BCUT2D eigenvalue weighted by Gasteiger charge is -2.14. The summed E-state index contributed by atoms with van der Waals surface area (Å²) < 4.78 is 5.26. The molecule has 0 aliphatic carbocycles. The number of aromatic amines is 1. The fraction of sp³-hybridized carbons (Fsp3) is 0.261. The van der Waals surface area contributed by atoms with Crippen LogP contribution in [0.4, 0.5) is 0 Å². The SMILES string of the molecule is O=c1[nH]oc2c1CC(CCC=C(c1ccccc1)c1ccccc1)CNC2. The lowest BCUT2D eigenvalue weighted by atomic mass is 9.93. The van der Waals surface area contributed by atoms with Crippen molar-refractivity contribution in [1.82, 2.24) is 10.5 Å². The van der Waals surface area contributed by atoms with Gasteiger partial charge in [0.15, 0.2) is 5.76 Å². The van der Waals surface area contributed by atoms with E-state index in [9.17, 15) is 4.79 Å². The van der Waals surface area contributed by atoms with Gasteiger partial charge in [-0.25, -0.2) is 0 Å². The normalized spacial score (nSPS) is 16.4. The molecule has 1 aromatic heterocycles. The van der Waals surface area contributed by atoms with Crippen molar-refractivity contribution >= 4 is 5.57 Å². The van der Waals surface area contributed by atoms with Crippen molar-refractivity contribution in [2.24, 2.45) is 5.92 Å². The molecule has 0 radical (unpaired) electrons. The van der Waals surface area contributed by atoms with Crippen LogP contribution < -0.4 is 10.9 Å². The van der Waals surface area contributed by atoms with Crippen LogP contribution in [0.25, 0.3) is 5.57 Å². The number of allylic oxidation sites excluding steroid dienone is 1. The van der Waals surface area contributed by atoms with E-state index in [1.54, 1.807) is 0 Å². The number of aromatic nitrogens is 1. The molecule has 27 heavy (non-hydrogen) atoms. The zero-order valence-electron chi connectivity index (χ0n) is 15.3. The fourth-order valence-electron chi connectivity index (χ4n) is 3.76. The van der Waals surface area contributed by atoms with E-state index in [4.69, 9.17) is 4.52 Å². The summed E-state index contributed by atoms with van der Waals surface area (Å²) in [6.07, 6.45) is 5.10. The van der Waals surface area contributed by atoms with Crippen LogP contribution in [0.15, 0.2) is 76.1 Å². The molecule has 4 nitrogen and oxygen atoms in total. The van der Waals surface area contributed by atoms with Gasteiger partial charge in [0.05, 0.1) is 12.1 Å². The maximum absolute atomic E-state index is 11.9. The second-order valence-electron chi connectivity index (χ2n) is 7.06. The first-order chi connectivity index (χ1) is 13.3. The molecular weight excluding hydrogens is 336 g/mol. The Bertz CT molecular complexity index is 913. The van der Waals surface area contributed by atoms with Crippen molar-refractivity contribution in [2.45, 2.75) is 25.8 Å². The molecule has 2 heterocycles. The first kappa shape index (κ1) is 17.6. The van der Waals surface area contributed by atoms with Gasteiger partial charge in [-0.3, -0.25) is 4.79 Å². The maximum atomic E-state index is 11.9. The molecule has 2 N–H and O–H groups in total. The summed E-state index contributed by atoms with van der Waals surface area (Å²) >= 11 is 0. The summed E-state index contributed by atoms with van der Waals surface area (Å²) in [5.74, 6) is 1.18. The average Bonchev–Trinajstić information content (AvgIpc) is 2.93. The molecule has 0 bridgehead atoms. The molecule has 4 rings (SSSR count). The highest BCUT2D eigenvalue weighted by atomic mass is 16.5. The van der Waals surface area contributed by atoms with Crippen LogP contribution in [-0.4, -0.2) is 11.7 Å². The predicted molar refractivity (Wildman–Crippen MR) is 107 cm³/mol. The quantitative estimate of drug-likeness (QED) is 0.719. The van der Waals surface area contributed by atoms with Crippen molar-refractivity contribution < 1.29 is 4.52 Å².